The van der Waals surface area contributed by atoms with E-state index in [1.165, 1.54) is 11.1 Å². The Bertz CT molecular complexity index is 1200. The van der Waals surface area contributed by atoms with Crippen LogP contribution in [0.3, 0.4) is 0 Å². The Labute approximate surface area is 197 Å². The van der Waals surface area contributed by atoms with Gasteiger partial charge in [0.05, 0.1) is 25.9 Å². The molecule has 2 aromatic heterocycles. The van der Waals surface area contributed by atoms with E-state index < -0.39 is 0 Å². The molecule has 164 valence electrons. The summed E-state index contributed by atoms with van der Waals surface area (Å²) in [6.07, 6.45) is 0. The number of halogens is 1. The number of benzene rings is 2. The highest BCUT2D eigenvalue weighted by atomic mass is 35.5. The van der Waals surface area contributed by atoms with Crippen LogP contribution in [-0.4, -0.2) is 47.0 Å². The summed E-state index contributed by atoms with van der Waals surface area (Å²) in [4.78, 5) is 26.9. The fourth-order valence-electron chi connectivity index (χ4n) is 3.69. The first kappa shape index (κ1) is 23.6. The summed E-state index contributed by atoms with van der Waals surface area (Å²) in [5.74, 6) is -0.00844. The summed E-state index contributed by atoms with van der Waals surface area (Å²) in [7, 11) is 0. The first-order valence-electron chi connectivity index (χ1n) is 10.3. The van der Waals surface area contributed by atoms with E-state index in [2.05, 4.69) is 49.7 Å². The van der Waals surface area contributed by atoms with Gasteiger partial charge in [0, 0.05) is 18.7 Å². The summed E-state index contributed by atoms with van der Waals surface area (Å²) < 4.78 is 2.18. The molecule has 0 aliphatic carbocycles. The maximum atomic E-state index is 13.6. The number of rotatable bonds is 7. The van der Waals surface area contributed by atoms with Crippen molar-refractivity contribution in [2.24, 2.45) is 0 Å². The average Bonchev–Trinajstić information content (AvgIpc) is 3.37. The predicted molar refractivity (Wildman–Crippen MR) is 135 cm³/mol. The lowest BCUT2D eigenvalue weighted by Crippen LogP contribution is -2.38. The van der Waals surface area contributed by atoms with E-state index in [1.54, 1.807) is 22.7 Å². The zero-order valence-corrected chi connectivity index (χ0v) is 20.7. The van der Waals surface area contributed by atoms with Gasteiger partial charge >= 0.3 is 0 Å². The van der Waals surface area contributed by atoms with Gasteiger partial charge in [-0.15, -0.1) is 23.7 Å². The molecule has 2 heterocycles. The normalized spacial score (nSPS) is 11.3. The van der Waals surface area contributed by atoms with Crippen molar-refractivity contribution in [3.05, 3.63) is 52.5 Å². The van der Waals surface area contributed by atoms with Crippen LogP contribution in [-0.2, 0) is 0 Å². The first-order chi connectivity index (χ1) is 14.5. The van der Waals surface area contributed by atoms with Crippen LogP contribution in [0.25, 0.3) is 20.4 Å². The molecule has 8 heteroatoms. The topological polar surface area (TPSA) is 49.3 Å². The van der Waals surface area contributed by atoms with Crippen molar-refractivity contribution in [3.63, 3.8) is 0 Å². The Kier molecular flexibility index (Phi) is 7.64. The molecule has 0 spiro atoms. The molecular formula is C23H27ClN4OS2. The maximum absolute atomic E-state index is 13.6. The molecular weight excluding hydrogens is 448 g/mol. The highest BCUT2D eigenvalue weighted by Crippen LogP contribution is 2.33. The predicted octanol–water partition coefficient (Wildman–Crippen LogP) is 5.93. The number of thiazole rings is 2. The fraction of sp³-hybridized carbons (Fsp3) is 0.348. The second kappa shape index (κ2) is 10.0. The third-order valence-corrected chi connectivity index (χ3v) is 7.42. The van der Waals surface area contributed by atoms with Gasteiger partial charge in [0.15, 0.2) is 5.13 Å². The molecule has 31 heavy (non-hydrogen) atoms. The molecule has 0 aliphatic heterocycles. The molecule has 0 aliphatic rings. The number of hydrogen-bond donors (Lipinski definition) is 0. The highest BCUT2D eigenvalue weighted by Gasteiger charge is 2.23. The van der Waals surface area contributed by atoms with Gasteiger partial charge in [-0.25, -0.2) is 9.97 Å². The fourth-order valence-corrected chi connectivity index (χ4v) is 5.45. The molecule has 0 fully saturated rings. The second-order valence-electron chi connectivity index (χ2n) is 7.45. The smallest absolute Gasteiger partial charge is 0.260 e. The van der Waals surface area contributed by atoms with Gasteiger partial charge < -0.3 is 4.90 Å². The van der Waals surface area contributed by atoms with Crippen LogP contribution in [0, 0.1) is 13.8 Å². The molecule has 0 saturated carbocycles. The van der Waals surface area contributed by atoms with Crippen LogP contribution in [0.4, 0.5) is 5.13 Å². The van der Waals surface area contributed by atoms with Gasteiger partial charge in [-0.2, -0.15) is 0 Å². The van der Waals surface area contributed by atoms with Crippen LogP contribution < -0.4 is 4.90 Å². The monoisotopic (exact) mass is 474 g/mol. The SMILES string of the molecule is CCN(CC)CCN(C(=O)c1ccc2ncsc2c1)c1nc2cc(C)cc(C)c2s1.Cl. The molecule has 0 radical (unpaired) electrons. The van der Waals surface area contributed by atoms with Gasteiger partial charge in [-0.1, -0.05) is 31.3 Å². The second-order valence-corrected chi connectivity index (χ2v) is 9.31. The molecule has 0 atom stereocenters. The molecule has 4 rings (SSSR count). The van der Waals surface area contributed by atoms with Crippen molar-refractivity contribution < 1.29 is 4.79 Å². The third-order valence-electron chi connectivity index (χ3n) is 5.40. The first-order valence-corrected chi connectivity index (χ1v) is 11.9. The number of anilines is 1. The van der Waals surface area contributed by atoms with Crippen LogP contribution in [0.5, 0.6) is 0 Å². The standard InChI is InChI=1S/C23H26N4OS2.ClH/c1-5-26(6-2)9-10-27(22(28)17-7-8-18-20(13-17)29-14-24-18)23-25-19-12-15(3)11-16(4)21(19)30-23;/h7-8,11-14H,5-6,9-10H2,1-4H3;1H. The van der Waals surface area contributed by atoms with E-state index in [-0.39, 0.29) is 18.3 Å². The lowest BCUT2D eigenvalue weighted by atomic mass is 10.1. The summed E-state index contributed by atoms with van der Waals surface area (Å²) in [5, 5.41) is 0.764. The summed E-state index contributed by atoms with van der Waals surface area (Å²) in [6, 6.07) is 10.0. The molecule has 5 nitrogen and oxygen atoms in total. The van der Waals surface area contributed by atoms with Crippen LogP contribution in [0.1, 0.15) is 35.3 Å². The number of fused-ring (bicyclic) bond motifs is 2. The Balaban J connectivity index is 0.00000272. The lowest BCUT2D eigenvalue weighted by molar-refractivity contribution is 0.0984. The van der Waals surface area contributed by atoms with Gasteiger partial charge in [0.25, 0.3) is 5.91 Å². The Morgan fingerprint density at radius 1 is 1.03 bits per heavy atom. The lowest BCUT2D eigenvalue weighted by Gasteiger charge is -2.24. The minimum atomic E-state index is -0.00844. The highest BCUT2D eigenvalue weighted by molar-refractivity contribution is 7.22. The minimum Gasteiger partial charge on any atom is -0.302 e. The zero-order chi connectivity index (χ0) is 21.3. The van der Waals surface area contributed by atoms with Crippen molar-refractivity contribution in [3.8, 4) is 0 Å². The van der Waals surface area contributed by atoms with Crippen LogP contribution >= 0.6 is 35.1 Å². The molecule has 0 saturated heterocycles. The number of nitrogens with zero attached hydrogens (tertiary/aromatic N) is 4. The number of likely N-dealkylation sites (N-methyl/N-ethyl adjacent to an activating group) is 1. The van der Waals surface area contributed by atoms with Crippen molar-refractivity contribution in [2.45, 2.75) is 27.7 Å². The zero-order valence-electron chi connectivity index (χ0n) is 18.2. The van der Waals surface area contributed by atoms with Gasteiger partial charge in [-0.3, -0.25) is 9.69 Å². The largest absolute Gasteiger partial charge is 0.302 e. The van der Waals surface area contributed by atoms with E-state index in [0.29, 0.717) is 12.1 Å². The van der Waals surface area contributed by atoms with Gasteiger partial charge in [-0.05, 0) is 62.3 Å². The number of carbonyl (C=O) groups is 1. The number of amides is 1. The number of hydrogen-bond acceptors (Lipinski definition) is 6. The Morgan fingerprint density at radius 2 is 1.81 bits per heavy atom. The average molecular weight is 475 g/mol. The Hall–Kier alpha value is -2.06. The summed E-state index contributed by atoms with van der Waals surface area (Å²) >= 11 is 3.16. The molecule has 0 unspecified atom stereocenters. The van der Waals surface area contributed by atoms with Crippen molar-refractivity contribution >= 4 is 66.6 Å². The third kappa shape index (κ3) is 4.90. The molecule has 4 aromatic rings. The van der Waals surface area contributed by atoms with E-state index in [1.807, 2.05) is 28.6 Å². The molecule has 0 bridgehead atoms. The maximum Gasteiger partial charge on any atom is 0.260 e. The van der Waals surface area contributed by atoms with E-state index in [0.717, 1.165) is 45.2 Å². The Morgan fingerprint density at radius 3 is 2.55 bits per heavy atom. The summed E-state index contributed by atoms with van der Waals surface area (Å²) in [5.41, 5.74) is 6.78. The van der Waals surface area contributed by atoms with Crippen molar-refractivity contribution in [1.82, 2.24) is 14.9 Å². The van der Waals surface area contributed by atoms with E-state index in [4.69, 9.17) is 4.98 Å². The van der Waals surface area contributed by atoms with Crippen molar-refractivity contribution in [1.29, 1.82) is 0 Å². The van der Waals surface area contributed by atoms with Gasteiger partial charge in [0.2, 0.25) is 0 Å². The number of carbonyl (C=O) groups excluding carboxylic acids is 1. The quantitative estimate of drug-likeness (QED) is 0.333. The van der Waals surface area contributed by atoms with Gasteiger partial charge in [0.1, 0.15) is 0 Å². The summed E-state index contributed by atoms with van der Waals surface area (Å²) in [6.45, 7) is 11.8. The number of aryl methyl sites for hydroxylation is 2. The van der Waals surface area contributed by atoms with E-state index >= 15 is 0 Å². The van der Waals surface area contributed by atoms with Crippen molar-refractivity contribution in [2.75, 3.05) is 31.1 Å². The van der Waals surface area contributed by atoms with Crippen LogP contribution in [0.2, 0.25) is 0 Å². The molecule has 2 aromatic carbocycles. The molecule has 0 N–H and O–H groups in total. The minimum absolute atomic E-state index is 0. The van der Waals surface area contributed by atoms with Crippen LogP contribution in [0.15, 0.2) is 35.8 Å². The number of aromatic nitrogens is 2. The molecule has 1 amide bonds. The van der Waals surface area contributed by atoms with E-state index in [9.17, 15) is 4.79 Å².